The Morgan fingerprint density at radius 3 is 2.44 bits per heavy atom. The summed E-state index contributed by atoms with van der Waals surface area (Å²) in [5.41, 5.74) is 7.62. The molecule has 32 heavy (non-hydrogen) atoms. The minimum atomic E-state index is 0.696. The molecular weight excluding hydrogens is 464 g/mol. The number of ether oxygens (including phenoxy) is 3. The Bertz CT molecular complexity index is 1300. The number of rotatable bonds is 7. The Balaban J connectivity index is 1.71. The molecule has 0 saturated heterocycles. The zero-order valence-electron chi connectivity index (χ0n) is 18.3. The smallest absolute Gasteiger partial charge is 0.119 e. The van der Waals surface area contributed by atoms with E-state index in [1.807, 2.05) is 18.2 Å². The maximum absolute atomic E-state index is 6.01. The summed E-state index contributed by atoms with van der Waals surface area (Å²) in [5.74, 6) is 2.65. The zero-order valence-corrected chi connectivity index (χ0v) is 19.9. The van der Waals surface area contributed by atoms with Gasteiger partial charge in [-0.25, -0.2) is 0 Å². The van der Waals surface area contributed by atoms with Crippen LogP contribution < -0.4 is 14.2 Å². The van der Waals surface area contributed by atoms with Crippen LogP contribution in [0, 0.1) is 0 Å². The highest BCUT2D eigenvalue weighted by Crippen LogP contribution is 2.47. The normalized spacial score (nSPS) is 11.8. The van der Waals surface area contributed by atoms with Crippen LogP contribution in [0.15, 0.2) is 66.7 Å². The summed E-state index contributed by atoms with van der Waals surface area (Å²) in [6.07, 6.45) is 1.85. The topological polar surface area (TPSA) is 27.7 Å². The fourth-order valence-corrected chi connectivity index (χ4v) is 4.81. The first-order valence-corrected chi connectivity index (χ1v) is 11.9. The van der Waals surface area contributed by atoms with Gasteiger partial charge in [-0.1, -0.05) is 40.2 Å². The van der Waals surface area contributed by atoms with Gasteiger partial charge in [-0.15, -0.1) is 0 Å². The van der Waals surface area contributed by atoms with Crippen LogP contribution in [-0.2, 0) is 6.42 Å². The molecular formula is C28H25BrO3. The standard InChI is InChI=1S/C28H25BrO3/c1-30-21-9-10-24-20(14-21)16-27-26(24)15-18-7-8-22(31-2)17-25(18)28(27)19-5-3-6-23(13-19)32-12-4-11-29/h3,5-10,13-15,17H,4,11-12,16H2,1-2H3. The summed E-state index contributed by atoms with van der Waals surface area (Å²) >= 11 is 3.47. The molecule has 0 unspecified atom stereocenters. The quantitative estimate of drug-likeness (QED) is 0.178. The molecule has 0 spiro atoms. The zero-order chi connectivity index (χ0) is 22.1. The molecule has 0 aromatic heterocycles. The van der Waals surface area contributed by atoms with Gasteiger partial charge in [0.2, 0.25) is 0 Å². The van der Waals surface area contributed by atoms with Crippen molar-refractivity contribution in [1.29, 1.82) is 0 Å². The maximum atomic E-state index is 6.01. The Morgan fingerprint density at radius 1 is 0.812 bits per heavy atom. The monoisotopic (exact) mass is 488 g/mol. The minimum absolute atomic E-state index is 0.696. The Hall–Kier alpha value is -2.98. The van der Waals surface area contributed by atoms with Gasteiger partial charge in [0.15, 0.2) is 0 Å². The van der Waals surface area contributed by atoms with Gasteiger partial charge in [-0.2, -0.15) is 0 Å². The van der Waals surface area contributed by atoms with Gasteiger partial charge in [0, 0.05) is 5.33 Å². The van der Waals surface area contributed by atoms with Gasteiger partial charge in [0.05, 0.1) is 20.8 Å². The maximum Gasteiger partial charge on any atom is 0.119 e. The number of hydrogen-bond acceptors (Lipinski definition) is 3. The van der Waals surface area contributed by atoms with E-state index in [2.05, 4.69) is 64.5 Å². The molecule has 1 aliphatic carbocycles. The summed E-state index contributed by atoms with van der Waals surface area (Å²) in [6.45, 7) is 0.696. The van der Waals surface area contributed by atoms with Gasteiger partial charge < -0.3 is 14.2 Å². The number of methoxy groups -OCH3 is 2. The van der Waals surface area contributed by atoms with E-state index < -0.39 is 0 Å². The van der Waals surface area contributed by atoms with E-state index in [1.54, 1.807) is 14.2 Å². The molecule has 3 nitrogen and oxygen atoms in total. The molecule has 162 valence electrons. The predicted octanol–water partition coefficient (Wildman–Crippen LogP) is 7.26. The molecule has 0 N–H and O–H groups in total. The summed E-state index contributed by atoms with van der Waals surface area (Å²) in [5, 5.41) is 3.33. The molecule has 0 amide bonds. The lowest BCUT2D eigenvalue weighted by Gasteiger charge is -2.16. The summed E-state index contributed by atoms with van der Waals surface area (Å²) < 4.78 is 17.1. The van der Waals surface area contributed by atoms with Gasteiger partial charge in [0.1, 0.15) is 17.2 Å². The third-order valence-electron chi connectivity index (χ3n) is 6.10. The highest BCUT2D eigenvalue weighted by molar-refractivity contribution is 9.09. The highest BCUT2D eigenvalue weighted by Gasteiger charge is 2.25. The average molecular weight is 489 g/mol. The van der Waals surface area contributed by atoms with Crippen LogP contribution >= 0.6 is 15.9 Å². The van der Waals surface area contributed by atoms with E-state index in [9.17, 15) is 0 Å². The van der Waals surface area contributed by atoms with Crippen LogP contribution in [0.2, 0.25) is 0 Å². The van der Waals surface area contributed by atoms with E-state index in [0.29, 0.717) is 6.61 Å². The molecule has 1 aliphatic rings. The fraction of sp³-hybridized carbons (Fsp3) is 0.214. The minimum Gasteiger partial charge on any atom is -0.497 e. The van der Waals surface area contributed by atoms with Crippen LogP contribution in [0.3, 0.4) is 0 Å². The van der Waals surface area contributed by atoms with Crippen molar-refractivity contribution in [3.63, 3.8) is 0 Å². The van der Waals surface area contributed by atoms with Crippen LogP contribution in [0.25, 0.3) is 33.0 Å². The van der Waals surface area contributed by atoms with E-state index in [4.69, 9.17) is 14.2 Å². The number of fused-ring (bicyclic) bond motifs is 4. The summed E-state index contributed by atoms with van der Waals surface area (Å²) in [6, 6.07) is 23.5. The molecule has 0 aliphatic heterocycles. The van der Waals surface area contributed by atoms with E-state index in [1.165, 1.54) is 38.6 Å². The van der Waals surface area contributed by atoms with Crippen molar-refractivity contribution < 1.29 is 14.2 Å². The van der Waals surface area contributed by atoms with E-state index in [0.717, 1.165) is 41.0 Å². The Kier molecular flexibility index (Phi) is 5.79. The predicted molar refractivity (Wildman–Crippen MR) is 135 cm³/mol. The molecule has 0 heterocycles. The number of halogens is 1. The third kappa shape index (κ3) is 3.73. The van der Waals surface area contributed by atoms with Crippen LogP contribution in [0.1, 0.15) is 17.5 Å². The second-order valence-corrected chi connectivity index (χ2v) is 8.78. The fourth-order valence-electron chi connectivity index (χ4n) is 4.58. The van der Waals surface area contributed by atoms with E-state index >= 15 is 0 Å². The average Bonchev–Trinajstić information content (AvgIpc) is 3.19. The lowest BCUT2D eigenvalue weighted by Crippen LogP contribution is -1.98. The highest BCUT2D eigenvalue weighted by atomic mass is 79.9. The third-order valence-corrected chi connectivity index (χ3v) is 6.66. The first-order chi connectivity index (χ1) is 15.7. The number of hydrogen-bond donors (Lipinski definition) is 0. The van der Waals surface area contributed by atoms with Crippen LogP contribution in [-0.4, -0.2) is 26.2 Å². The molecule has 4 aromatic carbocycles. The van der Waals surface area contributed by atoms with Crippen molar-refractivity contribution in [1.82, 2.24) is 0 Å². The van der Waals surface area contributed by atoms with Gasteiger partial charge in [-0.3, -0.25) is 0 Å². The molecule has 4 aromatic rings. The van der Waals surface area contributed by atoms with Crippen LogP contribution in [0.4, 0.5) is 0 Å². The number of benzene rings is 4. The largest absolute Gasteiger partial charge is 0.497 e. The Labute approximate surface area is 197 Å². The molecule has 0 fully saturated rings. The summed E-state index contributed by atoms with van der Waals surface area (Å²) in [4.78, 5) is 0. The second-order valence-electron chi connectivity index (χ2n) is 7.98. The van der Waals surface area contributed by atoms with Gasteiger partial charge in [0.25, 0.3) is 0 Å². The summed E-state index contributed by atoms with van der Waals surface area (Å²) in [7, 11) is 3.44. The first kappa shape index (κ1) is 20.9. The van der Waals surface area contributed by atoms with Crippen molar-refractivity contribution in [3.8, 4) is 39.5 Å². The second kappa shape index (κ2) is 8.87. The van der Waals surface area contributed by atoms with Crippen molar-refractivity contribution in [2.75, 3.05) is 26.2 Å². The first-order valence-electron chi connectivity index (χ1n) is 10.8. The van der Waals surface area contributed by atoms with Gasteiger partial charge >= 0.3 is 0 Å². The molecule has 0 saturated carbocycles. The lowest BCUT2D eigenvalue weighted by molar-refractivity contribution is 0.319. The molecule has 0 radical (unpaired) electrons. The molecule has 5 rings (SSSR count). The van der Waals surface area contributed by atoms with Crippen molar-refractivity contribution in [3.05, 3.63) is 77.9 Å². The van der Waals surface area contributed by atoms with Crippen molar-refractivity contribution in [2.24, 2.45) is 0 Å². The molecule has 0 atom stereocenters. The SMILES string of the molecule is COc1ccc2c(c1)Cc1c-2cc2ccc(OC)cc2c1-c1cccc(OCCCBr)c1. The van der Waals surface area contributed by atoms with E-state index in [-0.39, 0.29) is 0 Å². The van der Waals surface area contributed by atoms with Gasteiger partial charge in [-0.05, 0) is 99.5 Å². The molecule has 0 bridgehead atoms. The number of alkyl halides is 1. The lowest BCUT2D eigenvalue weighted by atomic mass is 9.89. The van der Waals surface area contributed by atoms with Crippen molar-refractivity contribution in [2.45, 2.75) is 12.8 Å². The van der Waals surface area contributed by atoms with Crippen molar-refractivity contribution >= 4 is 26.7 Å². The molecule has 4 heteroatoms. The Morgan fingerprint density at radius 2 is 1.62 bits per heavy atom. The van der Waals surface area contributed by atoms with Crippen LogP contribution in [0.5, 0.6) is 17.2 Å².